The number of ketones is 1. The molecule has 1 saturated heterocycles. The first-order valence-electron chi connectivity index (χ1n) is 11.0. The molecule has 192 valence electrons. The Morgan fingerprint density at radius 1 is 1.05 bits per heavy atom. The predicted molar refractivity (Wildman–Crippen MR) is 139 cm³/mol. The minimum absolute atomic E-state index is 0.00484. The number of rotatable bonds is 5. The Kier molecular flexibility index (Phi) is 6.22. The van der Waals surface area contributed by atoms with Gasteiger partial charge in [-0.25, -0.2) is 9.78 Å². The predicted octanol–water partition coefficient (Wildman–Crippen LogP) is 4.91. The maximum atomic E-state index is 13.4. The third-order valence-electron chi connectivity index (χ3n) is 6.07. The molecule has 1 aliphatic rings. The number of hydrogen-bond acceptors (Lipinski definition) is 7. The number of fused-ring (bicyclic) bond motifs is 1. The van der Waals surface area contributed by atoms with Gasteiger partial charge in [-0.05, 0) is 48.0 Å². The van der Waals surface area contributed by atoms with Crippen molar-refractivity contribution in [2.45, 2.75) is 6.04 Å². The van der Waals surface area contributed by atoms with Gasteiger partial charge in [0, 0.05) is 5.02 Å². The third kappa shape index (κ3) is 4.09. The van der Waals surface area contributed by atoms with Crippen LogP contribution in [0.1, 0.15) is 27.5 Å². The number of halogens is 2. The van der Waals surface area contributed by atoms with Gasteiger partial charge in [0.2, 0.25) is 5.95 Å². The lowest BCUT2D eigenvalue weighted by atomic mass is 9.95. The molecule has 0 radical (unpaired) electrons. The Hall–Kier alpha value is -4.54. The highest BCUT2D eigenvalue weighted by molar-refractivity contribution is 6.51. The van der Waals surface area contributed by atoms with Crippen molar-refractivity contribution in [2.24, 2.45) is 0 Å². The number of benzene rings is 3. The van der Waals surface area contributed by atoms with E-state index in [-0.39, 0.29) is 44.2 Å². The number of carbonyl (C=O) groups is 3. The molecule has 10 nitrogen and oxygen atoms in total. The second kappa shape index (κ2) is 9.40. The minimum Gasteiger partial charge on any atom is -0.508 e. The van der Waals surface area contributed by atoms with Gasteiger partial charge in [-0.1, -0.05) is 35.3 Å². The fraction of sp³-hybridized carbons (Fsp3) is 0.0769. The third-order valence-corrected chi connectivity index (χ3v) is 6.56. The highest BCUT2D eigenvalue weighted by Gasteiger charge is 2.48. The van der Waals surface area contributed by atoms with Gasteiger partial charge < -0.3 is 25.0 Å². The summed E-state index contributed by atoms with van der Waals surface area (Å²) in [6.07, 6.45) is 0. The van der Waals surface area contributed by atoms with Gasteiger partial charge in [-0.2, -0.15) is 0 Å². The number of anilines is 1. The molecule has 3 aromatic carbocycles. The number of aromatic nitrogens is 2. The maximum Gasteiger partial charge on any atom is 0.335 e. The molecule has 0 aliphatic carbocycles. The van der Waals surface area contributed by atoms with Crippen LogP contribution in [0.25, 0.3) is 16.8 Å². The van der Waals surface area contributed by atoms with E-state index in [9.17, 15) is 29.7 Å². The average Bonchev–Trinajstić information content (AvgIpc) is 3.41. The van der Waals surface area contributed by atoms with Crippen molar-refractivity contribution in [3.8, 4) is 11.5 Å². The molecule has 1 atom stereocenters. The first-order valence-corrected chi connectivity index (χ1v) is 11.7. The number of imidazole rings is 1. The van der Waals surface area contributed by atoms with Crippen molar-refractivity contribution in [2.75, 3.05) is 12.0 Å². The van der Waals surface area contributed by atoms with Crippen molar-refractivity contribution < 1.29 is 34.4 Å². The van der Waals surface area contributed by atoms with Crippen LogP contribution in [0.2, 0.25) is 10.0 Å². The molecule has 1 fully saturated rings. The summed E-state index contributed by atoms with van der Waals surface area (Å²) in [7, 11) is 1.32. The summed E-state index contributed by atoms with van der Waals surface area (Å²) in [6, 6.07) is 11.4. The monoisotopic (exact) mass is 553 g/mol. The number of ether oxygens (including phenoxy) is 1. The Morgan fingerprint density at radius 3 is 2.42 bits per heavy atom. The number of aromatic hydroxyl groups is 1. The molecule has 1 unspecified atom stereocenters. The summed E-state index contributed by atoms with van der Waals surface area (Å²) in [6.45, 7) is 0. The maximum absolute atomic E-state index is 13.4. The summed E-state index contributed by atoms with van der Waals surface area (Å²) in [4.78, 5) is 46.5. The number of methoxy groups -OCH3 is 1. The highest BCUT2D eigenvalue weighted by atomic mass is 35.5. The number of carboxylic acid groups (broad SMARTS) is 1. The molecule has 4 N–H and O–H groups in total. The number of amides is 1. The standard InChI is InChI=1S/C26H17Cl2N3O7/c1-38-23-15(9-13(27)10-16(23)28)21(33)19-20(11-2-5-14(32)6-3-11)31(24(35)22(19)34)26-29-17-7-4-12(25(36)37)8-18(17)30-26/h2-10,20,32-33H,1H3,(H,29,30)(H,36,37)/b21-19+. The smallest absolute Gasteiger partial charge is 0.335 e. The minimum atomic E-state index is -1.20. The van der Waals surface area contributed by atoms with Crippen LogP contribution in [0.5, 0.6) is 11.5 Å². The van der Waals surface area contributed by atoms with Crippen LogP contribution in [0.15, 0.2) is 60.2 Å². The number of nitrogens with zero attached hydrogens (tertiary/aromatic N) is 2. The second-order valence-electron chi connectivity index (χ2n) is 8.33. The molecule has 1 amide bonds. The lowest BCUT2D eigenvalue weighted by Gasteiger charge is -2.23. The van der Waals surface area contributed by atoms with Gasteiger partial charge in [-0.3, -0.25) is 14.5 Å². The molecular formula is C26H17Cl2N3O7. The molecule has 2 heterocycles. The largest absolute Gasteiger partial charge is 0.508 e. The zero-order chi connectivity index (χ0) is 27.3. The molecule has 12 heteroatoms. The van der Waals surface area contributed by atoms with Crippen LogP contribution in [0.4, 0.5) is 5.95 Å². The fourth-order valence-electron chi connectivity index (χ4n) is 4.36. The van der Waals surface area contributed by atoms with E-state index in [0.29, 0.717) is 16.6 Å². The van der Waals surface area contributed by atoms with Crippen LogP contribution in [-0.2, 0) is 9.59 Å². The van der Waals surface area contributed by atoms with E-state index >= 15 is 0 Å². The molecule has 5 rings (SSSR count). The van der Waals surface area contributed by atoms with Crippen molar-refractivity contribution in [3.63, 3.8) is 0 Å². The number of aliphatic hydroxyl groups is 1. The number of Topliss-reactive ketones (excluding diaryl/α,β-unsaturated/α-hetero) is 1. The second-order valence-corrected chi connectivity index (χ2v) is 9.17. The van der Waals surface area contributed by atoms with Gasteiger partial charge in [0.05, 0.1) is 45.9 Å². The fourth-order valence-corrected chi connectivity index (χ4v) is 4.93. The van der Waals surface area contributed by atoms with E-state index in [1.807, 2.05) is 0 Å². The SMILES string of the molecule is COc1c(Cl)cc(Cl)cc1/C(O)=C1\C(=O)C(=O)N(c2nc3ccc(C(=O)O)cc3[nH]2)C1c1ccc(O)cc1. The molecule has 38 heavy (non-hydrogen) atoms. The van der Waals surface area contributed by atoms with Crippen LogP contribution < -0.4 is 9.64 Å². The molecule has 1 aromatic heterocycles. The zero-order valence-electron chi connectivity index (χ0n) is 19.4. The first-order chi connectivity index (χ1) is 18.1. The van der Waals surface area contributed by atoms with Gasteiger partial charge in [0.15, 0.2) is 0 Å². The van der Waals surface area contributed by atoms with E-state index in [1.165, 1.54) is 61.7 Å². The summed E-state index contributed by atoms with van der Waals surface area (Å²) in [5.74, 6) is -3.85. The number of nitrogens with one attached hydrogen (secondary N) is 1. The Labute approximate surface area is 224 Å². The van der Waals surface area contributed by atoms with Gasteiger partial charge in [0.1, 0.15) is 17.3 Å². The normalized spacial score (nSPS) is 16.8. The van der Waals surface area contributed by atoms with Crippen molar-refractivity contribution in [3.05, 3.63) is 86.9 Å². The molecule has 0 spiro atoms. The molecular weight excluding hydrogens is 537 g/mol. The number of phenolic OH excluding ortho intramolecular Hbond substituents is 1. The number of aromatic amines is 1. The van der Waals surface area contributed by atoms with E-state index < -0.39 is 29.5 Å². The quantitative estimate of drug-likeness (QED) is 0.154. The Bertz CT molecular complexity index is 1680. The van der Waals surface area contributed by atoms with Crippen LogP contribution >= 0.6 is 23.2 Å². The number of carbonyl (C=O) groups excluding carboxylic acids is 2. The Balaban J connectivity index is 1.76. The zero-order valence-corrected chi connectivity index (χ0v) is 20.9. The van der Waals surface area contributed by atoms with Crippen LogP contribution in [-0.4, -0.2) is 50.1 Å². The van der Waals surface area contributed by atoms with Crippen molar-refractivity contribution in [1.82, 2.24) is 9.97 Å². The van der Waals surface area contributed by atoms with Crippen molar-refractivity contribution >= 4 is 63.6 Å². The van der Waals surface area contributed by atoms with Crippen LogP contribution in [0.3, 0.4) is 0 Å². The van der Waals surface area contributed by atoms with E-state index in [1.54, 1.807) is 0 Å². The molecule has 4 aromatic rings. The van der Waals surface area contributed by atoms with Gasteiger partial charge >= 0.3 is 11.9 Å². The number of carboxylic acids is 1. The summed E-state index contributed by atoms with van der Waals surface area (Å²) in [5.41, 5.74) is 0.706. The summed E-state index contributed by atoms with van der Waals surface area (Å²) >= 11 is 12.4. The Morgan fingerprint density at radius 2 is 1.76 bits per heavy atom. The molecule has 0 bridgehead atoms. The molecule has 0 saturated carbocycles. The number of hydrogen-bond donors (Lipinski definition) is 4. The summed E-state index contributed by atoms with van der Waals surface area (Å²) in [5, 5.41) is 30.7. The number of aliphatic hydroxyl groups excluding tert-OH is 1. The number of phenols is 1. The lowest BCUT2D eigenvalue weighted by molar-refractivity contribution is -0.132. The lowest BCUT2D eigenvalue weighted by Crippen LogP contribution is -2.30. The van der Waals surface area contributed by atoms with E-state index in [4.69, 9.17) is 27.9 Å². The van der Waals surface area contributed by atoms with E-state index in [0.717, 1.165) is 4.90 Å². The number of H-pyrrole nitrogens is 1. The average molecular weight is 554 g/mol. The van der Waals surface area contributed by atoms with Crippen LogP contribution in [0, 0.1) is 0 Å². The number of aromatic carboxylic acids is 1. The van der Waals surface area contributed by atoms with Gasteiger partial charge in [-0.15, -0.1) is 0 Å². The van der Waals surface area contributed by atoms with Gasteiger partial charge in [0.25, 0.3) is 5.78 Å². The van der Waals surface area contributed by atoms with Crippen molar-refractivity contribution in [1.29, 1.82) is 0 Å². The highest BCUT2D eigenvalue weighted by Crippen LogP contribution is 2.44. The van der Waals surface area contributed by atoms with E-state index in [2.05, 4.69) is 9.97 Å². The summed E-state index contributed by atoms with van der Waals surface area (Å²) < 4.78 is 5.32. The first kappa shape index (κ1) is 25.1. The molecule has 1 aliphatic heterocycles. The topological polar surface area (TPSA) is 153 Å².